The quantitative estimate of drug-likeness (QED) is 0.661. The summed E-state index contributed by atoms with van der Waals surface area (Å²) in [7, 11) is 3.79. The van der Waals surface area contributed by atoms with Crippen molar-refractivity contribution in [1.82, 2.24) is 14.6 Å². The van der Waals surface area contributed by atoms with Crippen LogP contribution in [-0.2, 0) is 4.79 Å². The molecule has 3 aromatic rings. The molecule has 0 unspecified atom stereocenters. The third kappa shape index (κ3) is 3.56. The number of aryl methyl sites for hydroxylation is 1. The molecule has 1 N–H and O–H groups in total. The van der Waals surface area contributed by atoms with Gasteiger partial charge in [-0.2, -0.15) is 14.9 Å². The number of amides is 1. The van der Waals surface area contributed by atoms with Crippen molar-refractivity contribution in [3.8, 4) is 6.07 Å². The zero-order valence-corrected chi connectivity index (χ0v) is 18.0. The van der Waals surface area contributed by atoms with Crippen LogP contribution in [0.25, 0.3) is 5.65 Å². The Morgan fingerprint density at radius 2 is 2.00 bits per heavy atom. The molecule has 158 valence electrons. The van der Waals surface area contributed by atoms with Crippen LogP contribution < -0.4 is 15.1 Å². The molecule has 0 radical (unpaired) electrons. The fourth-order valence-electron chi connectivity index (χ4n) is 3.76. The minimum atomic E-state index is 0.164. The average molecular weight is 416 g/mol. The van der Waals surface area contributed by atoms with E-state index in [-0.39, 0.29) is 11.8 Å². The Morgan fingerprint density at radius 3 is 2.68 bits per heavy atom. The number of hydrogen-bond donors (Lipinski definition) is 1. The first-order valence-corrected chi connectivity index (χ1v) is 10.6. The molecule has 1 aromatic carbocycles. The van der Waals surface area contributed by atoms with E-state index in [1.165, 1.54) is 0 Å². The lowest BCUT2D eigenvalue weighted by molar-refractivity contribution is -0.119. The standard InChI is InChI=1S/C23H25N7O/c1-14-4-9-18(10-19(14)29(3)23(31)15-5-6-15)28(2)20-11-21(26-17-7-8-17)30-22(27-20)16(12-24)13-25-30/h4,9-11,13,15,17,26H,5-8H2,1-3H3. The molecule has 2 aromatic heterocycles. The van der Waals surface area contributed by atoms with Gasteiger partial charge in [0.2, 0.25) is 5.91 Å². The van der Waals surface area contributed by atoms with E-state index in [2.05, 4.69) is 16.5 Å². The van der Waals surface area contributed by atoms with Crippen molar-refractivity contribution in [2.75, 3.05) is 29.2 Å². The maximum absolute atomic E-state index is 12.6. The minimum absolute atomic E-state index is 0.164. The van der Waals surface area contributed by atoms with Gasteiger partial charge in [0.1, 0.15) is 23.3 Å². The molecule has 1 amide bonds. The Morgan fingerprint density at radius 1 is 1.23 bits per heavy atom. The molecule has 2 fully saturated rings. The van der Waals surface area contributed by atoms with Gasteiger partial charge in [0, 0.05) is 43.5 Å². The van der Waals surface area contributed by atoms with Crippen molar-refractivity contribution in [2.24, 2.45) is 5.92 Å². The van der Waals surface area contributed by atoms with Gasteiger partial charge in [0.25, 0.3) is 0 Å². The minimum Gasteiger partial charge on any atom is -0.367 e. The van der Waals surface area contributed by atoms with E-state index in [0.29, 0.717) is 23.1 Å². The molecular weight excluding hydrogens is 390 g/mol. The number of aromatic nitrogens is 3. The van der Waals surface area contributed by atoms with Gasteiger partial charge >= 0.3 is 0 Å². The second-order valence-corrected chi connectivity index (χ2v) is 8.52. The van der Waals surface area contributed by atoms with Crippen LogP contribution in [0.5, 0.6) is 0 Å². The summed E-state index contributed by atoms with van der Waals surface area (Å²) in [6, 6.07) is 10.6. The van der Waals surface area contributed by atoms with E-state index >= 15 is 0 Å². The molecule has 2 aliphatic carbocycles. The number of nitrogens with one attached hydrogen (secondary N) is 1. The van der Waals surface area contributed by atoms with Gasteiger partial charge < -0.3 is 15.1 Å². The molecular formula is C23H25N7O. The van der Waals surface area contributed by atoms with Crippen LogP contribution in [0.3, 0.4) is 0 Å². The highest BCUT2D eigenvalue weighted by Gasteiger charge is 2.33. The number of fused-ring (bicyclic) bond motifs is 1. The lowest BCUT2D eigenvalue weighted by Crippen LogP contribution is -2.28. The van der Waals surface area contributed by atoms with Gasteiger partial charge in [-0.05, 0) is 50.3 Å². The van der Waals surface area contributed by atoms with Crippen LogP contribution in [0.1, 0.15) is 36.8 Å². The molecule has 8 heteroatoms. The number of carbonyl (C=O) groups excluding carboxylic acids is 1. The highest BCUT2D eigenvalue weighted by Crippen LogP contribution is 2.35. The van der Waals surface area contributed by atoms with Crippen LogP contribution in [0.4, 0.5) is 23.0 Å². The average Bonchev–Trinajstić information content (AvgIpc) is 3.71. The van der Waals surface area contributed by atoms with Gasteiger partial charge in [0.05, 0.1) is 6.20 Å². The van der Waals surface area contributed by atoms with Gasteiger partial charge in [-0.1, -0.05) is 6.07 Å². The summed E-state index contributed by atoms with van der Waals surface area (Å²) in [6.45, 7) is 2.02. The predicted molar refractivity (Wildman–Crippen MR) is 120 cm³/mol. The summed E-state index contributed by atoms with van der Waals surface area (Å²) in [6.07, 6.45) is 5.77. The SMILES string of the molecule is Cc1ccc(N(C)c2cc(NC3CC3)n3ncc(C#N)c3n2)cc1N(C)C(=O)C1CC1. The summed E-state index contributed by atoms with van der Waals surface area (Å²) in [4.78, 5) is 21.1. The van der Waals surface area contributed by atoms with Gasteiger partial charge in [0.15, 0.2) is 5.65 Å². The van der Waals surface area contributed by atoms with Crippen molar-refractivity contribution >= 4 is 34.6 Å². The molecule has 0 bridgehead atoms. The lowest BCUT2D eigenvalue weighted by Gasteiger charge is -2.24. The van der Waals surface area contributed by atoms with Crippen molar-refractivity contribution in [2.45, 2.75) is 38.6 Å². The first-order valence-electron chi connectivity index (χ1n) is 10.6. The zero-order chi connectivity index (χ0) is 21.7. The maximum atomic E-state index is 12.6. The lowest BCUT2D eigenvalue weighted by atomic mass is 10.1. The summed E-state index contributed by atoms with van der Waals surface area (Å²) in [5.41, 5.74) is 3.84. The Bertz CT molecular complexity index is 1220. The molecule has 2 aliphatic rings. The van der Waals surface area contributed by atoms with Crippen molar-refractivity contribution < 1.29 is 4.79 Å². The molecule has 31 heavy (non-hydrogen) atoms. The smallest absolute Gasteiger partial charge is 0.229 e. The predicted octanol–water partition coefficient (Wildman–Crippen LogP) is 3.62. The second-order valence-electron chi connectivity index (χ2n) is 8.52. The first kappa shape index (κ1) is 19.4. The summed E-state index contributed by atoms with van der Waals surface area (Å²) >= 11 is 0. The number of anilines is 4. The van der Waals surface area contributed by atoms with Crippen molar-refractivity contribution in [1.29, 1.82) is 5.26 Å². The number of nitriles is 1. The molecule has 0 atom stereocenters. The highest BCUT2D eigenvalue weighted by molar-refractivity contribution is 5.97. The monoisotopic (exact) mass is 415 g/mol. The van der Waals surface area contributed by atoms with Gasteiger partial charge in [-0.25, -0.2) is 4.98 Å². The zero-order valence-electron chi connectivity index (χ0n) is 18.0. The largest absolute Gasteiger partial charge is 0.367 e. The number of rotatable bonds is 6. The first-order chi connectivity index (χ1) is 15.0. The van der Waals surface area contributed by atoms with Gasteiger partial charge in [-0.15, -0.1) is 0 Å². The van der Waals surface area contributed by atoms with Crippen molar-refractivity contribution in [3.05, 3.63) is 41.6 Å². The van der Waals surface area contributed by atoms with E-state index < -0.39 is 0 Å². The molecule has 8 nitrogen and oxygen atoms in total. The number of benzene rings is 1. The van der Waals surface area contributed by atoms with Crippen LogP contribution in [0, 0.1) is 24.2 Å². The van der Waals surface area contributed by atoms with E-state index in [9.17, 15) is 10.1 Å². The summed E-state index contributed by atoms with van der Waals surface area (Å²) < 4.78 is 1.69. The number of nitrogens with zero attached hydrogens (tertiary/aromatic N) is 6. The third-order valence-electron chi connectivity index (χ3n) is 6.05. The molecule has 2 heterocycles. The maximum Gasteiger partial charge on any atom is 0.229 e. The van der Waals surface area contributed by atoms with Crippen LogP contribution in [-0.4, -0.2) is 40.6 Å². The number of carbonyl (C=O) groups is 1. The Hall–Kier alpha value is -3.60. The van der Waals surface area contributed by atoms with Gasteiger partial charge in [-0.3, -0.25) is 4.79 Å². The Labute approximate surface area is 181 Å². The number of hydrogen-bond acceptors (Lipinski definition) is 6. The van der Waals surface area contributed by atoms with Crippen molar-refractivity contribution in [3.63, 3.8) is 0 Å². The topological polar surface area (TPSA) is 89.6 Å². The fourth-order valence-corrected chi connectivity index (χ4v) is 3.76. The summed E-state index contributed by atoms with van der Waals surface area (Å²) in [5, 5.41) is 17.3. The molecule has 0 spiro atoms. The normalized spacial score (nSPS) is 15.5. The van der Waals surface area contributed by atoms with E-state index in [0.717, 1.165) is 48.4 Å². The van der Waals surface area contributed by atoms with E-state index in [4.69, 9.17) is 4.98 Å². The fraction of sp³-hybridized carbons (Fsp3) is 0.391. The Kier molecular flexibility index (Phi) is 4.54. The van der Waals surface area contributed by atoms with E-state index in [1.807, 2.05) is 50.2 Å². The Balaban J connectivity index is 1.53. The van der Waals surface area contributed by atoms with Crippen LogP contribution in [0.15, 0.2) is 30.5 Å². The molecule has 5 rings (SSSR count). The molecule has 0 saturated heterocycles. The van der Waals surface area contributed by atoms with E-state index in [1.54, 1.807) is 15.6 Å². The third-order valence-corrected chi connectivity index (χ3v) is 6.05. The van der Waals surface area contributed by atoms with Crippen LogP contribution in [0.2, 0.25) is 0 Å². The summed E-state index contributed by atoms with van der Waals surface area (Å²) in [5.74, 6) is 1.87. The molecule has 0 aliphatic heterocycles. The molecule has 2 saturated carbocycles. The second kappa shape index (κ2) is 7.27. The highest BCUT2D eigenvalue weighted by atomic mass is 16.2. The van der Waals surface area contributed by atoms with Crippen LogP contribution >= 0.6 is 0 Å².